The van der Waals surface area contributed by atoms with E-state index < -0.39 is 0 Å². The van der Waals surface area contributed by atoms with Crippen molar-refractivity contribution < 1.29 is 4.48 Å². The molecule has 1 fully saturated rings. The van der Waals surface area contributed by atoms with Crippen LogP contribution in [0.3, 0.4) is 0 Å². The van der Waals surface area contributed by atoms with Gasteiger partial charge in [-0.15, -0.1) is 0 Å². The van der Waals surface area contributed by atoms with E-state index in [4.69, 9.17) is 5.73 Å². The van der Waals surface area contributed by atoms with E-state index in [-0.39, 0.29) is 0 Å². The number of nitrogens with zero attached hydrogens (tertiary/aromatic N) is 1. The number of rotatable bonds is 1. The highest BCUT2D eigenvalue weighted by atomic mass is 15.4. The average molecular weight is 115 g/mol. The molecule has 0 amide bonds. The molecule has 1 saturated heterocycles. The maximum Gasteiger partial charge on any atom is 0.129 e. The molecule has 0 unspecified atom stereocenters. The van der Waals surface area contributed by atoms with Crippen molar-refractivity contribution in [3.8, 4) is 0 Å². The van der Waals surface area contributed by atoms with E-state index in [1.165, 1.54) is 25.9 Å². The molecule has 1 aliphatic heterocycles. The van der Waals surface area contributed by atoms with E-state index in [2.05, 4.69) is 7.05 Å². The van der Waals surface area contributed by atoms with Crippen LogP contribution in [0.2, 0.25) is 0 Å². The summed E-state index contributed by atoms with van der Waals surface area (Å²) < 4.78 is 1.10. The van der Waals surface area contributed by atoms with Gasteiger partial charge in [0, 0.05) is 12.8 Å². The monoisotopic (exact) mass is 115 g/mol. The third kappa shape index (κ3) is 1.01. The first kappa shape index (κ1) is 6.05. The van der Waals surface area contributed by atoms with Crippen molar-refractivity contribution in [2.24, 2.45) is 5.73 Å². The molecule has 0 aromatic heterocycles. The standard InChI is InChI=1S/C6H15N2/c1-8(6-7)4-2-3-5-8/h2-7H2,1H3/q+1. The van der Waals surface area contributed by atoms with Crippen LogP contribution in [-0.4, -0.2) is 31.3 Å². The van der Waals surface area contributed by atoms with E-state index in [1.54, 1.807) is 0 Å². The van der Waals surface area contributed by atoms with Gasteiger partial charge in [0.15, 0.2) is 0 Å². The van der Waals surface area contributed by atoms with Crippen LogP contribution < -0.4 is 5.73 Å². The van der Waals surface area contributed by atoms with E-state index in [0.717, 1.165) is 11.2 Å². The molecule has 0 spiro atoms. The molecule has 48 valence electrons. The SMILES string of the molecule is C[N+]1(CN)CCCC1. The van der Waals surface area contributed by atoms with Crippen molar-refractivity contribution in [3.05, 3.63) is 0 Å². The molecule has 2 heteroatoms. The van der Waals surface area contributed by atoms with Gasteiger partial charge < -0.3 is 4.48 Å². The van der Waals surface area contributed by atoms with Crippen LogP contribution in [0.15, 0.2) is 0 Å². The first-order chi connectivity index (χ1) is 3.77. The van der Waals surface area contributed by atoms with Gasteiger partial charge in [0.25, 0.3) is 0 Å². The van der Waals surface area contributed by atoms with Gasteiger partial charge in [-0.1, -0.05) is 0 Å². The molecule has 0 saturated carbocycles. The molecule has 0 radical (unpaired) electrons. The van der Waals surface area contributed by atoms with Crippen molar-refractivity contribution in [2.45, 2.75) is 12.8 Å². The van der Waals surface area contributed by atoms with Gasteiger partial charge in [0.2, 0.25) is 0 Å². The summed E-state index contributed by atoms with van der Waals surface area (Å²) in [6, 6.07) is 0. The summed E-state index contributed by atoms with van der Waals surface area (Å²) in [6.45, 7) is 3.40. The Hall–Kier alpha value is -0.0800. The molecule has 2 nitrogen and oxygen atoms in total. The predicted molar refractivity (Wildman–Crippen MR) is 34.2 cm³/mol. The van der Waals surface area contributed by atoms with Gasteiger partial charge in [-0.3, -0.25) is 5.73 Å². The molecular formula is C6H15N2+. The minimum Gasteiger partial charge on any atom is -0.314 e. The molecular weight excluding hydrogens is 100 g/mol. The molecule has 2 N–H and O–H groups in total. The zero-order chi connectivity index (χ0) is 6.04. The number of hydrogen-bond acceptors (Lipinski definition) is 1. The Bertz CT molecular complexity index is 74.6. The zero-order valence-corrected chi connectivity index (χ0v) is 5.56. The third-order valence-corrected chi connectivity index (χ3v) is 2.09. The number of likely N-dealkylation sites (tertiary alicyclic amines) is 1. The second-order valence-electron chi connectivity index (χ2n) is 2.96. The smallest absolute Gasteiger partial charge is 0.129 e. The van der Waals surface area contributed by atoms with Crippen molar-refractivity contribution in [1.82, 2.24) is 0 Å². The molecule has 1 rings (SSSR count). The molecule has 0 bridgehead atoms. The van der Waals surface area contributed by atoms with Crippen molar-refractivity contribution in [3.63, 3.8) is 0 Å². The summed E-state index contributed by atoms with van der Waals surface area (Å²) in [5, 5.41) is 0. The minimum atomic E-state index is 0.819. The molecule has 1 heterocycles. The molecule has 1 aliphatic rings. The second kappa shape index (κ2) is 2.03. The molecule has 8 heavy (non-hydrogen) atoms. The summed E-state index contributed by atoms with van der Waals surface area (Å²) in [5.41, 5.74) is 5.54. The van der Waals surface area contributed by atoms with Crippen LogP contribution in [0.5, 0.6) is 0 Å². The van der Waals surface area contributed by atoms with E-state index in [1.807, 2.05) is 0 Å². The lowest BCUT2D eigenvalue weighted by Gasteiger charge is -2.26. The van der Waals surface area contributed by atoms with Crippen LogP contribution in [0, 0.1) is 0 Å². The number of hydrogen-bond donors (Lipinski definition) is 1. The Morgan fingerprint density at radius 1 is 1.38 bits per heavy atom. The zero-order valence-electron chi connectivity index (χ0n) is 5.56. The lowest BCUT2D eigenvalue weighted by Crippen LogP contribution is -2.45. The summed E-state index contributed by atoms with van der Waals surface area (Å²) >= 11 is 0. The first-order valence-electron chi connectivity index (χ1n) is 3.30. The Morgan fingerprint density at radius 3 is 2.12 bits per heavy atom. The van der Waals surface area contributed by atoms with Crippen LogP contribution in [-0.2, 0) is 0 Å². The van der Waals surface area contributed by atoms with Crippen molar-refractivity contribution >= 4 is 0 Å². The summed E-state index contributed by atoms with van der Waals surface area (Å²) in [6.07, 6.45) is 2.74. The van der Waals surface area contributed by atoms with Gasteiger partial charge in [-0.05, 0) is 0 Å². The second-order valence-corrected chi connectivity index (χ2v) is 2.96. The maximum absolute atomic E-state index is 5.54. The summed E-state index contributed by atoms with van der Waals surface area (Å²) in [4.78, 5) is 0. The largest absolute Gasteiger partial charge is 0.314 e. The van der Waals surface area contributed by atoms with Gasteiger partial charge in [-0.2, -0.15) is 0 Å². The highest BCUT2D eigenvalue weighted by molar-refractivity contribution is 4.48. The Kier molecular flexibility index (Phi) is 1.54. The third-order valence-electron chi connectivity index (χ3n) is 2.09. The normalized spacial score (nSPS) is 26.2. The van der Waals surface area contributed by atoms with E-state index in [0.29, 0.717) is 0 Å². The Morgan fingerprint density at radius 2 is 1.88 bits per heavy atom. The van der Waals surface area contributed by atoms with E-state index >= 15 is 0 Å². The summed E-state index contributed by atoms with van der Waals surface area (Å²) in [7, 11) is 2.23. The lowest BCUT2D eigenvalue weighted by atomic mass is 10.4. The highest BCUT2D eigenvalue weighted by Gasteiger charge is 2.23. The average Bonchev–Trinajstić information content (AvgIpc) is 2.17. The van der Waals surface area contributed by atoms with Gasteiger partial charge in [0.1, 0.15) is 6.67 Å². The Balaban J connectivity index is 2.40. The van der Waals surface area contributed by atoms with Gasteiger partial charge >= 0.3 is 0 Å². The van der Waals surface area contributed by atoms with Crippen molar-refractivity contribution in [1.29, 1.82) is 0 Å². The van der Waals surface area contributed by atoms with Crippen LogP contribution in [0.25, 0.3) is 0 Å². The minimum absolute atomic E-state index is 0.819. The van der Waals surface area contributed by atoms with Crippen molar-refractivity contribution in [2.75, 3.05) is 26.8 Å². The fraction of sp³-hybridized carbons (Fsp3) is 1.00. The predicted octanol–water partition coefficient (Wildman–Crippen LogP) is 0.143. The highest BCUT2D eigenvalue weighted by Crippen LogP contribution is 2.13. The Labute approximate surface area is 50.9 Å². The van der Waals surface area contributed by atoms with Gasteiger partial charge in [0.05, 0.1) is 20.1 Å². The fourth-order valence-corrected chi connectivity index (χ4v) is 1.28. The fourth-order valence-electron chi connectivity index (χ4n) is 1.28. The number of quaternary nitrogens is 1. The van der Waals surface area contributed by atoms with Gasteiger partial charge in [-0.25, -0.2) is 0 Å². The number of nitrogens with two attached hydrogens (primary N) is 1. The molecule has 0 aliphatic carbocycles. The topological polar surface area (TPSA) is 26.0 Å². The van der Waals surface area contributed by atoms with Crippen LogP contribution >= 0.6 is 0 Å². The van der Waals surface area contributed by atoms with Crippen LogP contribution in [0.1, 0.15) is 12.8 Å². The molecule has 0 atom stereocenters. The molecule has 0 aromatic rings. The first-order valence-corrected chi connectivity index (χ1v) is 3.30. The quantitative estimate of drug-likeness (QED) is 0.483. The molecule has 0 aromatic carbocycles. The van der Waals surface area contributed by atoms with E-state index in [9.17, 15) is 0 Å². The lowest BCUT2D eigenvalue weighted by molar-refractivity contribution is -0.897. The summed E-state index contributed by atoms with van der Waals surface area (Å²) in [5.74, 6) is 0. The maximum atomic E-state index is 5.54. The van der Waals surface area contributed by atoms with Crippen LogP contribution in [0.4, 0.5) is 0 Å².